The lowest BCUT2D eigenvalue weighted by Crippen LogP contribution is -2.23. The van der Waals surface area contributed by atoms with Crippen molar-refractivity contribution in [2.45, 2.75) is 6.54 Å². The minimum atomic E-state index is -0.598. The zero-order valence-electron chi connectivity index (χ0n) is 9.05. The zero-order valence-corrected chi connectivity index (χ0v) is 9.05. The van der Waals surface area contributed by atoms with E-state index >= 15 is 0 Å². The molecule has 8 nitrogen and oxygen atoms in total. The number of carbonyl (C=O) groups excluding carboxylic acids is 1. The Morgan fingerprint density at radius 3 is 2.94 bits per heavy atom. The van der Waals surface area contributed by atoms with Crippen LogP contribution < -0.4 is 11.1 Å². The molecular weight excluding hydrogens is 230 g/mol. The van der Waals surface area contributed by atoms with Crippen LogP contribution in [-0.4, -0.2) is 30.6 Å². The Balaban J connectivity index is 2.13. The molecule has 0 saturated heterocycles. The molecule has 1 rings (SSSR count). The number of carbonyl (C=O) groups is 1. The molecule has 1 aromatic rings. The fraction of sp³-hybridized carbons (Fsp3) is 0.444. The fourth-order valence-electron chi connectivity index (χ4n) is 1.09. The highest BCUT2D eigenvalue weighted by molar-refractivity contribution is 5.74. The summed E-state index contributed by atoms with van der Waals surface area (Å²) in [4.78, 5) is 20.0. The van der Waals surface area contributed by atoms with E-state index in [4.69, 9.17) is 14.9 Å². The molecule has 8 heteroatoms. The number of nitrogens with zero attached hydrogens (tertiary/aromatic N) is 1. The van der Waals surface area contributed by atoms with Crippen LogP contribution in [0.1, 0.15) is 5.76 Å². The van der Waals surface area contributed by atoms with Gasteiger partial charge in [0, 0.05) is 6.54 Å². The third-order valence-corrected chi connectivity index (χ3v) is 1.79. The van der Waals surface area contributed by atoms with Crippen molar-refractivity contribution in [3.8, 4) is 0 Å². The number of furan rings is 1. The average Bonchev–Trinajstić information content (AvgIpc) is 2.71. The van der Waals surface area contributed by atoms with E-state index in [0.717, 1.165) is 0 Å². The first kappa shape index (κ1) is 13.1. The number of rotatable bonds is 8. The largest absolute Gasteiger partial charge is 0.433 e. The van der Waals surface area contributed by atoms with E-state index in [0.29, 0.717) is 25.5 Å². The Labute approximate surface area is 96.9 Å². The van der Waals surface area contributed by atoms with Gasteiger partial charge in [0.1, 0.15) is 17.3 Å². The quantitative estimate of drug-likeness (QED) is 0.370. The minimum absolute atomic E-state index is 0.117. The normalized spacial score (nSPS) is 10.4. The molecule has 0 spiro atoms. The van der Waals surface area contributed by atoms with E-state index in [9.17, 15) is 14.9 Å². The number of ether oxygens (including phenoxy) is 1. The molecule has 0 aliphatic rings. The smallest absolute Gasteiger partial charge is 0.404 e. The van der Waals surface area contributed by atoms with Crippen LogP contribution in [-0.2, 0) is 16.1 Å². The first-order valence-corrected chi connectivity index (χ1v) is 4.89. The van der Waals surface area contributed by atoms with Crippen LogP contribution >= 0.6 is 0 Å². The zero-order chi connectivity index (χ0) is 12.7. The fourth-order valence-corrected chi connectivity index (χ4v) is 1.09. The molecule has 0 unspecified atom stereocenters. The topological polar surface area (TPSA) is 121 Å². The number of hydrogen-bond acceptors (Lipinski definition) is 6. The molecule has 94 valence electrons. The van der Waals surface area contributed by atoms with E-state index in [1.54, 1.807) is 0 Å². The van der Waals surface area contributed by atoms with Gasteiger partial charge in [-0.2, -0.15) is 0 Å². The predicted molar refractivity (Wildman–Crippen MR) is 57.1 cm³/mol. The van der Waals surface area contributed by atoms with Gasteiger partial charge in [-0.15, -0.1) is 0 Å². The van der Waals surface area contributed by atoms with Gasteiger partial charge in [0.05, 0.1) is 19.2 Å². The van der Waals surface area contributed by atoms with Crippen molar-refractivity contribution in [1.29, 1.82) is 0 Å². The SMILES string of the molecule is NC(=O)COCCNCc1ccc([N+](=O)[O-])o1. The molecule has 0 aliphatic heterocycles. The third kappa shape index (κ3) is 5.09. The lowest BCUT2D eigenvalue weighted by atomic mass is 10.4. The Kier molecular flexibility index (Phi) is 5.11. The Bertz CT molecular complexity index is 390. The first-order valence-electron chi connectivity index (χ1n) is 4.89. The Hall–Kier alpha value is -1.93. The maximum atomic E-state index is 10.3. The summed E-state index contributed by atoms with van der Waals surface area (Å²) in [6.45, 7) is 1.05. The van der Waals surface area contributed by atoms with Crippen LogP contribution in [0.25, 0.3) is 0 Å². The number of primary amides is 1. The molecule has 0 fully saturated rings. The molecule has 1 aromatic heterocycles. The lowest BCUT2D eigenvalue weighted by Gasteiger charge is -2.02. The summed E-state index contributed by atoms with van der Waals surface area (Å²) in [5.41, 5.74) is 4.87. The molecule has 1 amide bonds. The van der Waals surface area contributed by atoms with Gasteiger partial charge in [-0.3, -0.25) is 14.9 Å². The molecule has 3 N–H and O–H groups in total. The van der Waals surface area contributed by atoms with Gasteiger partial charge in [-0.1, -0.05) is 0 Å². The number of hydrogen-bond donors (Lipinski definition) is 2. The molecule has 1 heterocycles. The highest BCUT2D eigenvalue weighted by Gasteiger charge is 2.10. The van der Waals surface area contributed by atoms with Crippen molar-refractivity contribution in [2.24, 2.45) is 5.73 Å². The second kappa shape index (κ2) is 6.61. The van der Waals surface area contributed by atoms with Gasteiger partial charge in [0.2, 0.25) is 5.91 Å². The Morgan fingerprint density at radius 1 is 1.59 bits per heavy atom. The minimum Gasteiger partial charge on any atom is -0.404 e. The van der Waals surface area contributed by atoms with Gasteiger partial charge >= 0.3 is 5.88 Å². The van der Waals surface area contributed by atoms with Crippen LogP contribution in [0.3, 0.4) is 0 Å². The van der Waals surface area contributed by atoms with Crippen molar-refractivity contribution in [1.82, 2.24) is 5.32 Å². The molecule has 0 aromatic carbocycles. The number of amides is 1. The lowest BCUT2D eigenvalue weighted by molar-refractivity contribution is -0.402. The summed E-state index contributed by atoms with van der Waals surface area (Å²) >= 11 is 0. The highest BCUT2D eigenvalue weighted by Crippen LogP contribution is 2.14. The molecule has 0 saturated carbocycles. The van der Waals surface area contributed by atoms with Gasteiger partial charge in [0.25, 0.3) is 0 Å². The van der Waals surface area contributed by atoms with Gasteiger partial charge < -0.3 is 20.2 Å². The summed E-state index contributed by atoms with van der Waals surface area (Å²) in [7, 11) is 0. The second-order valence-electron chi connectivity index (χ2n) is 3.19. The van der Waals surface area contributed by atoms with Crippen LogP contribution in [0, 0.1) is 10.1 Å². The second-order valence-corrected chi connectivity index (χ2v) is 3.19. The van der Waals surface area contributed by atoms with Crippen LogP contribution in [0.2, 0.25) is 0 Å². The van der Waals surface area contributed by atoms with Crippen molar-refractivity contribution < 1.29 is 18.9 Å². The van der Waals surface area contributed by atoms with Gasteiger partial charge in [0.15, 0.2) is 0 Å². The number of nitrogens with two attached hydrogens (primary N) is 1. The van der Waals surface area contributed by atoms with Crippen molar-refractivity contribution >= 4 is 11.8 Å². The Morgan fingerprint density at radius 2 is 2.35 bits per heavy atom. The van der Waals surface area contributed by atoms with Crippen molar-refractivity contribution in [2.75, 3.05) is 19.8 Å². The molecule has 17 heavy (non-hydrogen) atoms. The van der Waals surface area contributed by atoms with E-state index in [1.165, 1.54) is 12.1 Å². The van der Waals surface area contributed by atoms with E-state index in [1.807, 2.05) is 0 Å². The monoisotopic (exact) mass is 243 g/mol. The summed E-state index contributed by atoms with van der Waals surface area (Å²) < 4.78 is 9.81. The summed E-state index contributed by atoms with van der Waals surface area (Å²) in [6.07, 6.45) is 0. The van der Waals surface area contributed by atoms with E-state index in [-0.39, 0.29) is 12.5 Å². The van der Waals surface area contributed by atoms with Crippen LogP contribution in [0.5, 0.6) is 0 Å². The molecular formula is C9H13N3O5. The van der Waals surface area contributed by atoms with Gasteiger partial charge in [-0.05, 0) is 6.07 Å². The van der Waals surface area contributed by atoms with E-state index in [2.05, 4.69) is 5.32 Å². The maximum absolute atomic E-state index is 10.3. The van der Waals surface area contributed by atoms with Gasteiger partial charge in [-0.25, -0.2) is 0 Å². The molecule has 0 aliphatic carbocycles. The van der Waals surface area contributed by atoms with Crippen molar-refractivity contribution in [3.63, 3.8) is 0 Å². The van der Waals surface area contributed by atoms with Crippen LogP contribution in [0.15, 0.2) is 16.5 Å². The molecule has 0 bridgehead atoms. The molecule has 0 atom stereocenters. The summed E-state index contributed by atoms with van der Waals surface area (Å²) in [6, 6.07) is 2.82. The molecule has 0 radical (unpaired) electrons. The first-order chi connectivity index (χ1) is 8.09. The summed E-state index contributed by atoms with van der Waals surface area (Å²) in [5, 5.41) is 13.3. The standard InChI is InChI=1S/C9H13N3O5/c10-8(13)6-16-4-3-11-5-7-1-2-9(17-7)12(14)15/h1-2,11H,3-6H2,(H2,10,13). The highest BCUT2D eigenvalue weighted by atomic mass is 16.6. The number of nitro groups is 1. The average molecular weight is 243 g/mol. The third-order valence-electron chi connectivity index (χ3n) is 1.79. The van der Waals surface area contributed by atoms with E-state index < -0.39 is 10.8 Å². The predicted octanol–water partition coefficient (Wildman–Crippen LogP) is -0.221. The summed E-state index contributed by atoms with van der Waals surface area (Å²) in [5.74, 6) is -0.343. The van der Waals surface area contributed by atoms with Crippen LogP contribution in [0.4, 0.5) is 5.88 Å². The van der Waals surface area contributed by atoms with Crippen molar-refractivity contribution in [3.05, 3.63) is 28.0 Å². The number of nitrogens with one attached hydrogen (secondary N) is 1. The maximum Gasteiger partial charge on any atom is 0.433 e.